The van der Waals surface area contributed by atoms with Gasteiger partial charge >= 0.3 is 0 Å². The highest BCUT2D eigenvalue weighted by Crippen LogP contribution is 2.38. The van der Waals surface area contributed by atoms with Gasteiger partial charge in [-0.3, -0.25) is 0 Å². The predicted octanol–water partition coefficient (Wildman–Crippen LogP) is 3.49. The predicted molar refractivity (Wildman–Crippen MR) is 143 cm³/mol. The van der Waals surface area contributed by atoms with Crippen LogP contribution in [0, 0.1) is 5.82 Å². The number of rotatable bonds is 8. The number of anilines is 4. The van der Waals surface area contributed by atoms with Crippen molar-refractivity contribution in [3.8, 4) is 17.0 Å². The summed E-state index contributed by atoms with van der Waals surface area (Å²) in [4.78, 5) is 17.5. The number of hydrogen-bond acceptors (Lipinski definition) is 9. The van der Waals surface area contributed by atoms with Crippen LogP contribution in [0.5, 0.6) is 5.75 Å². The Morgan fingerprint density at radius 3 is 2.84 bits per heavy atom. The molecule has 5 rings (SSSR count). The number of likely N-dealkylation sites (N-methyl/N-ethyl adjacent to an activating group) is 2. The molecule has 0 saturated carbocycles. The van der Waals surface area contributed by atoms with Gasteiger partial charge in [0, 0.05) is 49.9 Å². The molecule has 1 aliphatic heterocycles. The van der Waals surface area contributed by atoms with Gasteiger partial charge in [-0.15, -0.1) is 0 Å². The maximum Gasteiger partial charge on any atom is 0.228 e. The minimum absolute atomic E-state index is 0.182. The summed E-state index contributed by atoms with van der Waals surface area (Å²) in [5, 5.41) is 3.98. The van der Waals surface area contributed by atoms with Gasteiger partial charge in [-0.25, -0.2) is 19.3 Å². The zero-order valence-electron chi connectivity index (χ0n) is 21.5. The molecule has 3 N–H and O–H groups in total. The summed E-state index contributed by atoms with van der Waals surface area (Å²) in [5.41, 5.74) is 10.9. The highest BCUT2D eigenvalue weighted by Gasteiger charge is 2.25. The van der Waals surface area contributed by atoms with Crippen molar-refractivity contribution in [3.05, 3.63) is 48.2 Å². The molecule has 0 radical (unpaired) electrons. The van der Waals surface area contributed by atoms with Crippen LogP contribution in [0.15, 0.2) is 36.7 Å². The van der Waals surface area contributed by atoms with Crippen molar-refractivity contribution in [3.63, 3.8) is 0 Å². The lowest BCUT2D eigenvalue weighted by Crippen LogP contribution is -2.29. The van der Waals surface area contributed by atoms with E-state index in [4.69, 9.17) is 15.2 Å². The number of nitrogens with two attached hydrogens (primary N) is 1. The Balaban J connectivity index is 1.52. The summed E-state index contributed by atoms with van der Waals surface area (Å²) in [6.07, 6.45) is 2.90. The standard InChI is InChI=1S/C26H31FN8O2/c1-33(2)8-9-34(3)20-13-22(36-4)19(12-18(20)28)31-26-30-14-17(27)24(32-26)23-16-6-5-7-29-25(16)35-10-11-37-15-21(23)35/h5-7,12-14H,8-11,15,28H2,1-4H3,(H,30,31,32). The van der Waals surface area contributed by atoms with Gasteiger partial charge in [-0.2, -0.15) is 0 Å². The zero-order chi connectivity index (χ0) is 26.1. The first-order chi connectivity index (χ1) is 17.9. The molecule has 1 aliphatic rings. The molecular weight excluding hydrogens is 475 g/mol. The van der Waals surface area contributed by atoms with Crippen molar-refractivity contribution < 1.29 is 13.9 Å². The summed E-state index contributed by atoms with van der Waals surface area (Å²) in [7, 11) is 7.62. The Morgan fingerprint density at radius 1 is 1.22 bits per heavy atom. The lowest BCUT2D eigenvalue weighted by molar-refractivity contribution is 0.0867. The quantitative estimate of drug-likeness (QED) is 0.347. The molecular formula is C26H31FN8O2. The van der Waals surface area contributed by atoms with Crippen LogP contribution in [0.4, 0.5) is 27.4 Å². The summed E-state index contributed by atoms with van der Waals surface area (Å²) < 4.78 is 28.6. The highest BCUT2D eigenvalue weighted by molar-refractivity contribution is 5.95. The number of nitrogen functional groups attached to an aromatic ring is 1. The van der Waals surface area contributed by atoms with Crippen LogP contribution in [0.3, 0.4) is 0 Å². The summed E-state index contributed by atoms with van der Waals surface area (Å²) in [6.45, 7) is 3.25. The first-order valence-electron chi connectivity index (χ1n) is 12.0. The maximum absolute atomic E-state index is 15.2. The number of aromatic nitrogens is 4. The Kier molecular flexibility index (Phi) is 6.81. The fourth-order valence-electron chi connectivity index (χ4n) is 4.58. The van der Waals surface area contributed by atoms with E-state index in [9.17, 15) is 0 Å². The van der Waals surface area contributed by atoms with Gasteiger partial charge in [-0.1, -0.05) is 0 Å². The molecule has 0 aliphatic carbocycles. The fraction of sp³-hybridized carbons (Fsp3) is 0.346. The van der Waals surface area contributed by atoms with E-state index in [1.54, 1.807) is 19.4 Å². The molecule has 0 spiro atoms. The first kappa shape index (κ1) is 24.7. The van der Waals surface area contributed by atoms with Crippen LogP contribution >= 0.6 is 0 Å². The Bertz CT molecular complexity index is 1440. The van der Waals surface area contributed by atoms with Crippen LogP contribution in [0.25, 0.3) is 22.3 Å². The second kappa shape index (κ2) is 10.2. The lowest BCUT2D eigenvalue weighted by Gasteiger charge is -2.24. The Morgan fingerprint density at radius 2 is 2.05 bits per heavy atom. The SMILES string of the molecule is COc1cc(N(C)CCN(C)C)c(N)cc1Nc1ncc(F)c(-c2c3n(c4ncccc24)CCOC3)n1. The second-order valence-corrected chi connectivity index (χ2v) is 9.25. The number of pyridine rings is 1. The summed E-state index contributed by atoms with van der Waals surface area (Å²) in [5.74, 6) is 0.260. The van der Waals surface area contributed by atoms with E-state index in [0.29, 0.717) is 42.4 Å². The van der Waals surface area contributed by atoms with Crippen molar-refractivity contribution in [1.82, 2.24) is 24.4 Å². The summed E-state index contributed by atoms with van der Waals surface area (Å²) >= 11 is 0. The third-order valence-electron chi connectivity index (χ3n) is 6.49. The molecule has 37 heavy (non-hydrogen) atoms. The number of ether oxygens (including phenoxy) is 2. The molecule has 3 aromatic heterocycles. The molecule has 0 fully saturated rings. The van der Waals surface area contributed by atoms with E-state index >= 15 is 4.39 Å². The smallest absolute Gasteiger partial charge is 0.228 e. The molecule has 10 nitrogen and oxygen atoms in total. The highest BCUT2D eigenvalue weighted by atomic mass is 19.1. The Labute approximate surface area is 214 Å². The molecule has 11 heteroatoms. The van der Waals surface area contributed by atoms with Gasteiger partial charge in [0.1, 0.15) is 17.1 Å². The van der Waals surface area contributed by atoms with E-state index in [1.807, 2.05) is 39.3 Å². The summed E-state index contributed by atoms with van der Waals surface area (Å²) in [6, 6.07) is 7.41. The molecule has 1 aromatic carbocycles. The topological polar surface area (TPSA) is 107 Å². The number of nitrogens with one attached hydrogen (secondary N) is 1. The van der Waals surface area contributed by atoms with Crippen LogP contribution in [0.1, 0.15) is 5.69 Å². The van der Waals surface area contributed by atoms with E-state index in [0.717, 1.165) is 35.5 Å². The van der Waals surface area contributed by atoms with Gasteiger partial charge < -0.3 is 34.9 Å². The lowest BCUT2D eigenvalue weighted by atomic mass is 10.1. The number of fused-ring (bicyclic) bond motifs is 3. The van der Waals surface area contributed by atoms with Gasteiger partial charge in [0.15, 0.2) is 5.82 Å². The zero-order valence-corrected chi connectivity index (χ0v) is 21.5. The van der Waals surface area contributed by atoms with Crippen molar-refractivity contribution in [1.29, 1.82) is 0 Å². The van der Waals surface area contributed by atoms with E-state index in [-0.39, 0.29) is 11.6 Å². The third-order valence-corrected chi connectivity index (χ3v) is 6.49. The van der Waals surface area contributed by atoms with E-state index < -0.39 is 5.82 Å². The maximum atomic E-state index is 15.2. The van der Waals surface area contributed by atoms with E-state index in [1.165, 1.54) is 6.20 Å². The molecule has 0 saturated heterocycles. The monoisotopic (exact) mass is 506 g/mol. The average molecular weight is 507 g/mol. The molecule has 0 atom stereocenters. The normalized spacial score (nSPS) is 13.1. The Hall–Kier alpha value is -3.96. The van der Waals surface area contributed by atoms with Crippen LogP contribution < -0.4 is 20.7 Å². The third kappa shape index (κ3) is 4.75. The average Bonchev–Trinajstić information content (AvgIpc) is 3.23. The second-order valence-electron chi connectivity index (χ2n) is 9.25. The largest absolute Gasteiger partial charge is 0.494 e. The fourth-order valence-corrected chi connectivity index (χ4v) is 4.58. The van der Waals surface area contributed by atoms with Gasteiger partial charge in [0.05, 0.1) is 49.3 Å². The van der Waals surface area contributed by atoms with Crippen molar-refractivity contribution >= 4 is 34.0 Å². The molecule has 4 aromatic rings. The van der Waals surface area contributed by atoms with Crippen molar-refractivity contribution in [2.75, 3.05) is 63.9 Å². The molecule has 194 valence electrons. The van der Waals surface area contributed by atoms with Crippen LogP contribution in [0.2, 0.25) is 0 Å². The van der Waals surface area contributed by atoms with Crippen LogP contribution in [-0.2, 0) is 17.9 Å². The minimum atomic E-state index is -0.528. The number of methoxy groups -OCH3 is 1. The molecule has 0 bridgehead atoms. The molecule has 0 unspecified atom stereocenters. The van der Waals surface area contributed by atoms with Gasteiger partial charge in [-0.05, 0) is 32.3 Å². The van der Waals surface area contributed by atoms with Crippen molar-refractivity contribution in [2.24, 2.45) is 0 Å². The van der Waals surface area contributed by atoms with E-state index in [2.05, 4.69) is 34.6 Å². The van der Waals surface area contributed by atoms with Gasteiger partial charge in [0.25, 0.3) is 0 Å². The minimum Gasteiger partial charge on any atom is -0.494 e. The first-order valence-corrected chi connectivity index (χ1v) is 12.0. The molecule has 0 amide bonds. The van der Waals surface area contributed by atoms with Crippen molar-refractivity contribution in [2.45, 2.75) is 13.2 Å². The number of hydrogen-bond donors (Lipinski definition) is 2. The number of benzene rings is 1. The molecule has 4 heterocycles. The van der Waals surface area contributed by atoms with Gasteiger partial charge in [0.2, 0.25) is 5.95 Å². The number of halogens is 1. The van der Waals surface area contributed by atoms with Crippen LogP contribution in [-0.4, -0.2) is 72.4 Å². The number of nitrogens with zero attached hydrogens (tertiary/aromatic N) is 6.